The molecule has 2 atom stereocenters. The van der Waals surface area contributed by atoms with Crippen LogP contribution in [-0.4, -0.2) is 19.0 Å². The van der Waals surface area contributed by atoms with E-state index in [0.717, 1.165) is 18.1 Å². The van der Waals surface area contributed by atoms with Crippen LogP contribution >= 0.6 is 23.2 Å². The van der Waals surface area contributed by atoms with Crippen LogP contribution in [0.1, 0.15) is 11.5 Å². The zero-order chi connectivity index (χ0) is 9.97. The maximum absolute atomic E-state index is 5.96. The zero-order valence-corrected chi connectivity index (χ0v) is 9.35. The van der Waals surface area contributed by atoms with Gasteiger partial charge in [-0.25, -0.2) is 0 Å². The van der Waals surface area contributed by atoms with Crippen molar-refractivity contribution < 1.29 is 0 Å². The number of hydrogen-bond acceptors (Lipinski definition) is 1. The van der Waals surface area contributed by atoms with Gasteiger partial charge in [-0.1, -0.05) is 23.7 Å². The largest absolute Gasteiger partial charge is 0.316 e. The van der Waals surface area contributed by atoms with Crippen molar-refractivity contribution in [2.24, 2.45) is 5.92 Å². The first-order chi connectivity index (χ1) is 6.81. The number of alkyl halides is 1. The third-order valence-electron chi connectivity index (χ3n) is 2.81. The molecular formula is C11H13Cl2N. The van der Waals surface area contributed by atoms with E-state index >= 15 is 0 Å². The van der Waals surface area contributed by atoms with Gasteiger partial charge in [0.2, 0.25) is 0 Å². The highest BCUT2D eigenvalue weighted by molar-refractivity contribution is 6.30. The molecule has 2 rings (SSSR count). The van der Waals surface area contributed by atoms with Crippen LogP contribution in [0.2, 0.25) is 5.02 Å². The lowest BCUT2D eigenvalue weighted by Crippen LogP contribution is -2.12. The van der Waals surface area contributed by atoms with E-state index in [-0.39, 0.29) is 0 Å². The molecule has 2 unspecified atom stereocenters. The summed E-state index contributed by atoms with van der Waals surface area (Å²) in [6.07, 6.45) is 0. The number of rotatable bonds is 2. The molecule has 0 bridgehead atoms. The lowest BCUT2D eigenvalue weighted by molar-refractivity contribution is 0.578. The molecule has 1 aliphatic heterocycles. The Morgan fingerprint density at radius 2 is 2.21 bits per heavy atom. The molecule has 0 saturated carbocycles. The molecule has 0 radical (unpaired) electrons. The van der Waals surface area contributed by atoms with Gasteiger partial charge in [0.25, 0.3) is 0 Å². The van der Waals surface area contributed by atoms with Crippen molar-refractivity contribution in [1.29, 1.82) is 0 Å². The highest BCUT2D eigenvalue weighted by Gasteiger charge is 2.27. The molecule has 1 saturated heterocycles. The molecule has 1 heterocycles. The fourth-order valence-corrected chi connectivity index (χ4v) is 2.55. The Morgan fingerprint density at radius 1 is 1.36 bits per heavy atom. The van der Waals surface area contributed by atoms with Crippen molar-refractivity contribution >= 4 is 23.2 Å². The summed E-state index contributed by atoms with van der Waals surface area (Å²) in [6, 6.07) is 8.08. The Morgan fingerprint density at radius 3 is 2.93 bits per heavy atom. The first-order valence-electron chi connectivity index (χ1n) is 4.83. The van der Waals surface area contributed by atoms with E-state index < -0.39 is 0 Å². The Labute approximate surface area is 94.4 Å². The van der Waals surface area contributed by atoms with Gasteiger partial charge >= 0.3 is 0 Å². The molecule has 0 aliphatic carbocycles. The molecule has 1 N–H and O–H groups in total. The summed E-state index contributed by atoms with van der Waals surface area (Å²) in [5, 5.41) is 4.17. The lowest BCUT2D eigenvalue weighted by Gasteiger charge is -2.16. The average Bonchev–Trinajstić information content (AvgIpc) is 2.65. The number of benzene rings is 1. The molecule has 1 aromatic carbocycles. The van der Waals surface area contributed by atoms with E-state index in [1.807, 2.05) is 18.2 Å². The van der Waals surface area contributed by atoms with Crippen LogP contribution in [0.4, 0.5) is 0 Å². The first-order valence-corrected chi connectivity index (χ1v) is 5.74. The van der Waals surface area contributed by atoms with E-state index in [1.54, 1.807) is 0 Å². The van der Waals surface area contributed by atoms with Crippen molar-refractivity contribution in [1.82, 2.24) is 5.32 Å². The van der Waals surface area contributed by atoms with Gasteiger partial charge < -0.3 is 5.32 Å². The summed E-state index contributed by atoms with van der Waals surface area (Å²) in [5.74, 6) is 1.77. The summed E-state index contributed by atoms with van der Waals surface area (Å²) < 4.78 is 0. The van der Waals surface area contributed by atoms with Crippen LogP contribution in [0.5, 0.6) is 0 Å². The fourth-order valence-electron chi connectivity index (χ4n) is 2.02. The Balaban J connectivity index is 2.21. The maximum atomic E-state index is 5.96. The second-order valence-corrected chi connectivity index (χ2v) is 4.48. The van der Waals surface area contributed by atoms with Crippen LogP contribution < -0.4 is 5.32 Å². The second kappa shape index (κ2) is 4.52. The molecule has 0 amide bonds. The van der Waals surface area contributed by atoms with E-state index in [9.17, 15) is 0 Å². The second-order valence-electron chi connectivity index (χ2n) is 3.73. The fraction of sp³-hybridized carbons (Fsp3) is 0.455. The van der Waals surface area contributed by atoms with E-state index in [4.69, 9.17) is 23.2 Å². The molecule has 1 aliphatic rings. The number of hydrogen-bond donors (Lipinski definition) is 1. The quantitative estimate of drug-likeness (QED) is 0.770. The Kier molecular flexibility index (Phi) is 3.32. The molecule has 3 heteroatoms. The van der Waals surface area contributed by atoms with Gasteiger partial charge in [0, 0.05) is 23.4 Å². The van der Waals surface area contributed by atoms with Gasteiger partial charge in [-0.2, -0.15) is 0 Å². The predicted molar refractivity (Wildman–Crippen MR) is 61.3 cm³/mol. The molecule has 0 aromatic heterocycles. The van der Waals surface area contributed by atoms with E-state index in [1.165, 1.54) is 5.56 Å². The highest BCUT2D eigenvalue weighted by atomic mass is 35.5. The molecule has 1 nitrogen and oxygen atoms in total. The minimum atomic E-state index is 0.520. The molecule has 76 valence electrons. The zero-order valence-electron chi connectivity index (χ0n) is 7.84. The van der Waals surface area contributed by atoms with Gasteiger partial charge in [0.15, 0.2) is 0 Å². The van der Waals surface area contributed by atoms with Crippen molar-refractivity contribution in [3.63, 3.8) is 0 Å². The highest BCUT2D eigenvalue weighted by Crippen LogP contribution is 2.30. The summed E-state index contributed by atoms with van der Waals surface area (Å²) >= 11 is 11.9. The van der Waals surface area contributed by atoms with Crippen LogP contribution in [-0.2, 0) is 0 Å². The molecule has 14 heavy (non-hydrogen) atoms. The smallest absolute Gasteiger partial charge is 0.0408 e. The van der Waals surface area contributed by atoms with Gasteiger partial charge in [-0.3, -0.25) is 0 Å². The molecular weight excluding hydrogens is 217 g/mol. The van der Waals surface area contributed by atoms with Gasteiger partial charge in [-0.15, -0.1) is 11.6 Å². The van der Waals surface area contributed by atoms with Crippen LogP contribution in [0.15, 0.2) is 24.3 Å². The standard InChI is InChI=1S/C11H13Cl2N/c12-5-9-6-14-7-11(9)8-2-1-3-10(13)4-8/h1-4,9,11,14H,5-7H2. The third-order valence-corrected chi connectivity index (χ3v) is 3.45. The summed E-state index contributed by atoms with van der Waals surface area (Å²) in [7, 11) is 0. The van der Waals surface area contributed by atoms with Crippen molar-refractivity contribution in [2.75, 3.05) is 19.0 Å². The number of nitrogens with one attached hydrogen (secondary N) is 1. The van der Waals surface area contributed by atoms with E-state index in [0.29, 0.717) is 17.7 Å². The summed E-state index contributed by atoms with van der Waals surface area (Å²) in [4.78, 5) is 0. The molecule has 1 fully saturated rings. The SMILES string of the molecule is ClCC1CNCC1c1cccc(Cl)c1. The van der Waals surface area contributed by atoms with Crippen molar-refractivity contribution in [3.8, 4) is 0 Å². The van der Waals surface area contributed by atoms with Crippen LogP contribution in [0.25, 0.3) is 0 Å². The predicted octanol–water partition coefficient (Wildman–Crippen LogP) is 2.88. The average molecular weight is 230 g/mol. The third kappa shape index (κ3) is 2.05. The monoisotopic (exact) mass is 229 g/mol. The first kappa shape index (κ1) is 10.3. The minimum Gasteiger partial charge on any atom is -0.316 e. The molecule has 0 spiro atoms. The topological polar surface area (TPSA) is 12.0 Å². The summed E-state index contributed by atoms with van der Waals surface area (Å²) in [6.45, 7) is 2.03. The van der Waals surface area contributed by atoms with Gasteiger partial charge in [0.1, 0.15) is 0 Å². The van der Waals surface area contributed by atoms with Gasteiger partial charge in [-0.05, 0) is 30.2 Å². The van der Waals surface area contributed by atoms with Gasteiger partial charge in [0.05, 0.1) is 0 Å². The Hall–Kier alpha value is -0.240. The lowest BCUT2D eigenvalue weighted by atomic mass is 9.90. The van der Waals surface area contributed by atoms with Crippen molar-refractivity contribution in [3.05, 3.63) is 34.9 Å². The van der Waals surface area contributed by atoms with Crippen LogP contribution in [0.3, 0.4) is 0 Å². The van der Waals surface area contributed by atoms with Crippen molar-refractivity contribution in [2.45, 2.75) is 5.92 Å². The Bertz CT molecular complexity index is 314. The minimum absolute atomic E-state index is 0.520. The van der Waals surface area contributed by atoms with Crippen LogP contribution in [0, 0.1) is 5.92 Å². The number of halogens is 2. The maximum Gasteiger partial charge on any atom is 0.0408 e. The van der Waals surface area contributed by atoms with E-state index in [2.05, 4.69) is 11.4 Å². The summed E-state index contributed by atoms with van der Waals surface area (Å²) in [5.41, 5.74) is 1.30. The molecule has 1 aromatic rings. The normalized spacial score (nSPS) is 26.7.